The quantitative estimate of drug-likeness (QED) is 0.600. The summed E-state index contributed by atoms with van der Waals surface area (Å²) in [4.78, 5) is 10.1. The first-order valence-electron chi connectivity index (χ1n) is 2.98. The highest BCUT2D eigenvalue weighted by molar-refractivity contribution is 5.65. The van der Waals surface area contributed by atoms with Gasteiger partial charge < -0.3 is 10.4 Å². The third-order valence-electron chi connectivity index (χ3n) is 1.58. The van der Waals surface area contributed by atoms with Crippen LogP contribution >= 0.6 is 0 Å². The van der Waals surface area contributed by atoms with Gasteiger partial charge in [-0.15, -0.1) is 0 Å². The lowest BCUT2D eigenvalue weighted by Crippen LogP contribution is -2.41. The molecule has 2 N–H and O–H groups in total. The molecule has 1 aliphatic rings. The molecule has 5 nitrogen and oxygen atoms in total. The molecule has 1 amide bonds. The van der Waals surface area contributed by atoms with Gasteiger partial charge in [-0.25, -0.2) is 4.79 Å². The number of hydrogen-bond donors (Lipinski definition) is 2. The van der Waals surface area contributed by atoms with Gasteiger partial charge in [0, 0.05) is 0 Å². The number of carbonyl (C=O) groups is 1. The van der Waals surface area contributed by atoms with Crippen molar-refractivity contribution < 1.29 is 9.90 Å². The lowest BCUT2D eigenvalue weighted by molar-refractivity contribution is 0.188. The average molecular weight is 143 g/mol. The second-order valence-electron chi connectivity index (χ2n) is 2.47. The molecule has 0 spiro atoms. The van der Waals surface area contributed by atoms with Crippen LogP contribution in [0.2, 0.25) is 0 Å². The van der Waals surface area contributed by atoms with Gasteiger partial charge in [-0.2, -0.15) is 10.2 Å². The van der Waals surface area contributed by atoms with Gasteiger partial charge in [0.05, 0.1) is 6.04 Å². The third-order valence-corrected chi connectivity index (χ3v) is 1.58. The summed E-state index contributed by atoms with van der Waals surface area (Å²) in [6.45, 7) is 3.50. The van der Waals surface area contributed by atoms with E-state index in [9.17, 15) is 4.79 Å². The molecule has 0 radical (unpaired) electrons. The first kappa shape index (κ1) is 6.98. The lowest BCUT2D eigenvalue weighted by Gasteiger charge is -2.12. The van der Waals surface area contributed by atoms with Crippen molar-refractivity contribution >= 4 is 6.09 Å². The Morgan fingerprint density at radius 3 is 2.50 bits per heavy atom. The largest absolute Gasteiger partial charge is 0.465 e. The van der Waals surface area contributed by atoms with Gasteiger partial charge in [-0.3, -0.25) is 0 Å². The van der Waals surface area contributed by atoms with Crippen LogP contribution in [0.3, 0.4) is 0 Å². The second kappa shape index (κ2) is 1.93. The molecule has 0 aromatic heterocycles. The van der Waals surface area contributed by atoms with Gasteiger partial charge in [0.25, 0.3) is 0 Å². The summed E-state index contributed by atoms with van der Waals surface area (Å²) < 4.78 is 0. The summed E-state index contributed by atoms with van der Waals surface area (Å²) in [7, 11) is 0. The van der Waals surface area contributed by atoms with Gasteiger partial charge in [0.15, 0.2) is 0 Å². The van der Waals surface area contributed by atoms with E-state index < -0.39 is 11.8 Å². The molecule has 5 heteroatoms. The molecular formula is C5H9N3O2. The summed E-state index contributed by atoms with van der Waals surface area (Å²) >= 11 is 0. The molecule has 10 heavy (non-hydrogen) atoms. The van der Waals surface area contributed by atoms with E-state index >= 15 is 0 Å². The average Bonchev–Trinajstić information content (AvgIpc) is 2.47. The highest BCUT2D eigenvalue weighted by Gasteiger charge is 2.41. The van der Waals surface area contributed by atoms with Gasteiger partial charge in [-0.1, -0.05) is 0 Å². The predicted octanol–water partition coefficient (Wildman–Crippen LogP) is 0.825. The summed E-state index contributed by atoms with van der Waals surface area (Å²) in [5.74, 6) is 0. The van der Waals surface area contributed by atoms with Gasteiger partial charge >= 0.3 is 6.09 Å². The fourth-order valence-corrected chi connectivity index (χ4v) is 0.574. The molecule has 0 saturated heterocycles. The first-order valence-corrected chi connectivity index (χ1v) is 2.98. The van der Waals surface area contributed by atoms with E-state index in [1.54, 1.807) is 13.8 Å². The molecule has 0 fully saturated rings. The van der Waals surface area contributed by atoms with Crippen LogP contribution in [-0.4, -0.2) is 22.9 Å². The fourth-order valence-electron chi connectivity index (χ4n) is 0.574. The molecule has 0 unspecified atom stereocenters. The molecule has 0 saturated carbocycles. The van der Waals surface area contributed by atoms with Gasteiger partial charge in [-0.05, 0) is 13.8 Å². The van der Waals surface area contributed by atoms with Crippen LogP contribution in [0.15, 0.2) is 10.2 Å². The monoisotopic (exact) mass is 143 g/mol. The molecule has 0 aliphatic carbocycles. The SMILES string of the molecule is C[C@H](NC(=O)O)C1(C)N=N1. The Bertz CT molecular complexity index is 183. The molecule has 1 atom stereocenters. The highest BCUT2D eigenvalue weighted by Crippen LogP contribution is 2.30. The molecular weight excluding hydrogens is 134 g/mol. The van der Waals surface area contributed by atoms with Gasteiger partial charge in [0.1, 0.15) is 0 Å². The standard InChI is InChI=1S/C5H9N3O2/c1-3(6-4(9)10)5(2)7-8-5/h3,6H,1-2H3,(H,9,10)/t3-/m0/s1. The lowest BCUT2D eigenvalue weighted by atomic mass is 10.1. The van der Waals surface area contributed by atoms with E-state index in [4.69, 9.17) is 5.11 Å². The van der Waals surface area contributed by atoms with Crippen molar-refractivity contribution in [2.75, 3.05) is 0 Å². The van der Waals surface area contributed by atoms with Crippen molar-refractivity contribution in [3.8, 4) is 0 Å². The van der Waals surface area contributed by atoms with Crippen LogP contribution in [0, 0.1) is 0 Å². The van der Waals surface area contributed by atoms with Crippen molar-refractivity contribution in [3.63, 3.8) is 0 Å². The number of carboxylic acid groups (broad SMARTS) is 1. The number of nitrogens with one attached hydrogen (secondary N) is 1. The van der Waals surface area contributed by atoms with E-state index in [-0.39, 0.29) is 6.04 Å². The minimum atomic E-state index is -1.04. The summed E-state index contributed by atoms with van der Waals surface area (Å²) in [5.41, 5.74) is -0.502. The maximum absolute atomic E-state index is 10.1. The molecule has 0 aromatic carbocycles. The van der Waals surface area contributed by atoms with Crippen LogP contribution in [0.1, 0.15) is 13.8 Å². The van der Waals surface area contributed by atoms with Crippen molar-refractivity contribution in [2.24, 2.45) is 10.2 Å². The molecule has 0 aromatic rings. The van der Waals surface area contributed by atoms with Crippen LogP contribution in [0.5, 0.6) is 0 Å². The molecule has 1 rings (SSSR count). The highest BCUT2D eigenvalue weighted by atomic mass is 16.4. The van der Waals surface area contributed by atoms with E-state index in [0.717, 1.165) is 0 Å². The van der Waals surface area contributed by atoms with Crippen molar-refractivity contribution in [2.45, 2.75) is 25.6 Å². The number of rotatable bonds is 2. The summed E-state index contributed by atoms with van der Waals surface area (Å²) in [6.07, 6.45) is -1.04. The third kappa shape index (κ3) is 1.23. The molecule has 1 aliphatic heterocycles. The molecule has 56 valence electrons. The minimum Gasteiger partial charge on any atom is -0.465 e. The van der Waals surface area contributed by atoms with Gasteiger partial charge in [0.2, 0.25) is 5.66 Å². The zero-order valence-electron chi connectivity index (χ0n) is 5.83. The number of nitrogens with zero attached hydrogens (tertiary/aromatic N) is 2. The Balaban J connectivity index is 2.35. The Labute approximate surface area is 58.1 Å². The Morgan fingerprint density at radius 2 is 2.20 bits per heavy atom. The van der Waals surface area contributed by atoms with Crippen LogP contribution in [-0.2, 0) is 0 Å². The summed E-state index contributed by atoms with van der Waals surface area (Å²) in [5, 5.41) is 17.9. The number of amides is 1. The fraction of sp³-hybridized carbons (Fsp3) is 0.800. The van der Waals surface area contributed by atoms with Crippen molar-refractivity contribution in [3.05, 3.63) is 0 Å². The van der Waals surface area contributed by atoms with E-state index in [0.29, 0.717) is 0 Å². The first-order chi connectivity index (χ1) is 4.54. The van der Waals surface area contributed by atoms with E-state index in [1.165, 1.54) is 0 Å². The topological polar surface area (TPSA) is 74.0 Å². The minimum absolute atomic E-state index is 0.231. The smallest absolute Gasteiger partial charge is 0.405 e. The summed E-state index contributed by atoms with van der Waals surface area (Å²) in [6, 6.07) is -0.231. The van der Waals surface area contributed by atoms with Crippen molar-refractivity contribution in [1.82, 2.24) is 5.32 Å². The van der Waals surface area contributed by atoms with Crippen LogP contribution in [0.4, 0.5) is 4.79 Å². The zero-order valence-corrected chi connectivity index (χ0v) is 5.83. The maximum atomic E-state index is 10.1. The normalized spacial score (nSPS) is 21.8. The second-order valence-corrected chi connectivity index (χ2v) is 2.47. The Kier molecular flexibility index (Phi) is 1.35. The van der Waals surface area contributed by atoms with E-state index in [2.05, 4.69) is 15.5 Å². The number of hydrogen-bond acceptors (Lipinski definition) is 3. The zero-order chi connectivity index (χ0) is 7.78. The van der Waals surface area contributed by atoms with Crippen molar-refractivity contribution in [1.29, 1.82) is 0 Å². The predicted molar refractivity (Wildman–Crippen MR) is 33.9 cm³/mol. The maximum Gasteiger partial charge on any atom is 0.405 e. The molecule has 0 bridgehead atoms. The Hall–Kier alpha value is -1.13. The Morgan fingerprint density at radius 1 is 1.70 bits per heavy atom. The van der Waals surface area contributed by atoms with Crippen LogP contribution in [0.25, 0.3) is 0 Å². The van der Waals surface area contributed by atoms with Crippen LogP contribution < -0.4 is 5.32 Å². The van der Waals surface area contributed by atoms with E-state index in [1.807, 2.05) is 0 Å². The molecule has 1 heterocycles.